The molecule has 1 N–H and O–H groups in total. The molecule has 1 aromatic heterocycles. The minimum Gasteiger partial charge on any atom is -0.493 e. The maximum Gasteiger partial charge on any atom is 0.331 e. The summed E-state index contributed by atoms with van der Waals surface area (Å²) in [6, 6.07) is 12.0. The van der Waals surface area contributed by atoms with Gasteiger partial charge in [-0.05, 0) is 73.8 Å². The number of aromatic hydroxyl groups is 1. The van der Waals surface area contributed by atoms with Crippen LogP contribution in [0.25, 0.3) is 10.9 Å². The standard InChI is InChI=1S/C27H25ClN4O4S/c1-14-10-17-21(30-31-25-29-23(34)19(37-25)12-20(33)36-5)24(35)32-22(17)18(11-14)27(4,13-26(32,2)3)15-6-8-16(28)9-7-15/h6-12,35H,13H2,1-5H3/b19-12-,31-30?. The molecule has 0 bridgehead atoms. The maximum atomic E-state index is 12.1. The third kappa shape index (κ3) is 4.16. The number of nitrogens with zero attached hydrogens (tertiary/aromatic N) is 4. The van der Waals surface area contributed by atoms with Gasteiger partial charge in [0.2, 0.25) is 11.0 Å². The molecule has 1 amide bonds. The Hall–Kier alpha value is -3.43. The van der Waals surface area contributed by atoms with E-state index in [1.807, 2.05) is 29.7 Å². The Kier molecular flexibility index (Phi) is 6.03. The van der Waals surface area contributed by atoms with Crippen LogP contribution in [0.2, 0.25) is 5.02 Å². The molecule has 1 atom stereocenters. The zero-order chi connectivity index (χ0) is 26.7. The quantitative estimate of drug-likeness (QED) is 0.233. The van der Waals surface area contributed by atoms with Crippen LogP contribution in [0.4, 0.5) is 5.69 Å². The summed E-state index contributed by atoms with van der Waals surface area (Å²) in [4.78, 5) is 27.6. The molecule has 0 saturated heterocycles. The van der Waals surface area contributed by atoms with Gasteiger partial charge in [0.15, 0.2) is 5.69 Å². The van der Waals surface area contributed by atoms with Gasteiger partial charge >= 0.3 is 5.97 Å². The van der Waals surface area contributed by atoms with Crippen molar-refractivity contribution < 1.29 is 19.4 Å². The number of aryl methyl sites for hydroxylation is 1. The fourth-order valence-corrected chi connectivity index (χ4v) is 6.28. The van der Waals surface area contributed by atoms with Crippen molar-refractivity contribution in [2.24, 2.45) is 15.2 Å². The van der Waals surface area contributed by atoms with Crippen LogP contribution in [0.3, 0.4) is 0 Å². The van der Waals surface area contributed by atoms with Crippen molar-refractivity contribution in [1.29, 1.82) is 0 Å². The minimum absolute atomic E-state index is 0.00555. The van der Waals surface area contributed by atoms with Gasteiger partial charge in [-0.3, -0.25) is 4.79 Å². The molecule has 0 fully saturated rings. The molecule has 0 saturated carbocycles. The van der Waals surface area contributed by atoms with Crippen molar-refractivity contribution in [2.45, 2.75) is 45.1 Å². The van der Waals surface area contributed by atoms with Crippen LogP contribution in [-0.4, -0.2) is 33.8 Å². The molecule has 2 aromatic carbocycles. The Morgan fingerprint density at radius 1 is 1.22 bits per heavy atom. The molecule has 37 heavy (non-hydrogen) atoms. The first-order valence-electron chi connectivity index (χ1n) is 11.6. The number of ether oxygens (including phenoxy) is 1. The molecule has 0 spiro atoms. The van der Waals surface area contributed by atoms with Gasteiger partial charge in [0.25, 0.3) is 5.91 Å². The van der Waals surface area contributed by atoms with E-state index in [1.54, 1.807) is 0 Å². The van der Waals surface area contributed by atoms with Gasteiger partial charge in [-0.1, -0.05) is 36.7 Å². The minimum atomic E-state index is -0.655. The van der Waals surface area contributed by atoms with Crippen LogP contribution >= 0.6 is 23.4 Å². The smallest absolute Gasteiger partial charge is 0.331 e. The lowest BCUT2D eigenvalue weighted by Gasteiger charge is -2.45. The van der Waals surface area contributed by atoms with Crippen molar-refractivity contribution in [3.05, 3.63) is 69.1 Å². The fourth-order valence-electron chi connectivity index (χ4n) is 5.46. The summed E-state index contributed by atoms with van der Waals surface area (Å²) in [6.07, 6.45) is 1.80. The van der Waals surface area contributed by atoms with Gasteiger partial charge in [-0.25, -0.2) is 4.79 Å². The molecule has 190 valence electrons. The van der Waals surface area contributed by atoms with E-state index in [0.29, 0.717) is 10.7 Å². The number of methoxy groups -OCH3 is 1. The zero-order valence-electron chi connectivity index (χ0n) is 21.0. The second-order valence-corrected chi connectivity index (χ2v) is 11.5. The first-order valence-corrected chi connectivity index (χ1v) is 12.8. The second-order valence-electron chi connectivity index (χ2n) is 10.1. The number of carbonyl (C=O) groups is 2. The monoisotopic (exact) mass is 536 g/mol. The van der Waals surface area contributed by atoms with E-state index >= 15 is 0 Å². The molecule has 3 heterocycles. The summed E-state index contributed by atoms with van der Waals surface area (Å²) in [7, 11) is 1.23. The lowest BCUT2D eigenvalue weighted by Crippen LogP contribution is -2.41. The van der Waals surface area contributed by atoms with Crippen LogP contribution in [-0.2, 0) is 25.3 Å². The Balaban J connectivity index is 1.65. The number of hydrogen-bond donors (Lipinski definition) is 1. The van der Waals surface area contributed by atoms with Crippen LogP contribution in [0.15, 0.2) is 62.6 Å². The highest BCUT2D eigenvalue weighted by atomic mass is 35.5. The van der Waals surface area contributed by atoms with Gasteiger partial charge < -0.3 is 14.4 Å². The largest absolute Gasteiger partial charge is 0.493 e. The van der Waals surface area contributed by atoms with Gasteiger partial charge in [-0.15, -0.1) is 10.2 Å². The number of esters is 1. The lowest BCUT2D eigenvalue weighted by molar-refractivity contribution is -0.135. The highest BCUT2D eigenvalue weighted by Gasteiger charge is 2.45. The number of thioether (sulfide) groups is 1. The van der Waals surface area contributed by atoms with Gasteiger partial charge in [0.05, 0.1) is 17.5 Å². The lowest BCUT2D eigenvalue weighted by atomic mass is 9.66. The molecule has 0 radical (unpaired) electrons. The van der Waals surface area contributed by atoms with E-state index in [2.05, 4.69) is 58.9 Å². The van der Waals surface area contributed by atoms with Gasteiger partial charge in [0.1, 0.15) is 0 Å². The van der Waals surface area contributed by atoms with Crippen LogP contribution < -0.4 is 0 Å². The van der Waals surface area contributed by atoms with Crippen molar-refractivity contribution in [1.82, 2.24) is 4.57 Å². The van der Waals surface area contributed by atoms with Crippen molar-refractivity contribution >= 4 is 57.0 Å². The highest BCUT2D eigenvalue weighted by Crippen LogP contribution is 2.55. The topological polar surface area (TPSA) is 106 Å². The third-order valence-electron chi connectivity index (χ3n) is 6.92. The predicted molar refractivity (Wildman–Crippen MR) is 145 cm³/mol. The highest BCUT2D eigenvalue weighted by molar-refractivity contribution is 8.18. The number of carbonyl (C=O) groups excluding carboxylic acids is 2. The van der Waals surface area contributed by atoms with Crippen molar-refractivity contribution in [2.75, 3.05) is 7.11 Å². The SMILES string of the molecule is COC(=O)/C=C1\SC(N=Nc2c(O)n3c4c(cc(C)cc24)C(C)(c2ccc(Cl)cc2)CC3(C)C)=NC1=O. The number of azo groups is 1. The number of halogens is 1. The average Bonchev–Trinajstić information content (AvgIpc) is 3.32. The molecule has 5 rings (SSSR count). The summed E-state index contributed by atoms with van der Waals surface area (Å²) >= 11 is 7.11. The first kappa shape index (κ1) is 25.2. The first-order chi connectivity index (χ1) is 17.4. The van der Waals surface area contributed by atoms with E-state index in [4.69, 9.17) is 11.6 Å². The summed E-state index contributed by atoms with van der Waals surface area (Å²) in [5.41, 5.74) is 3.60. The molecule has 0 aliphatic carbocycles. The van der Waals surface area contributed by atoms with E-state index in [-0.39, 0.29) is 21.4 Å². The van der Waals surface area contributed by atoms with Gasteiger partial charge in [-0.2, -0.15) is 4.99 Å². The molecule has 2 aliphatic heterocycles. The summed E-state index contributed by atoms with van der Waals surface area (Å²) < 4.78 is 6.50. The average molecular weight is 537 g/mol. The molecule has 10 heteroatoms. The Morgan fingerprint density at radius 2 is 1.92 bits per heavy atom. The number of amides is 1. The fraction of sp³-hybridized carbons (Fsp3) is 0.296. The molecule has 8 nitrogen and oxygen atoms in total. The summed E-state index contributed by atoms with van der Waals surface area (Å²) in [5, 5.41) is 21.4. The number of rotatable bonds is 3. The van der Waals surface area contributed by atoms with E-state index in [9.17, 15) is 14.7 Å². The Morgan fingerprint density at radius 3 is 2.59 bits per heavy atom. The van der Waals surface area contributed by atoms with Crippen LogP contribution in [0, 0.1) is 6.92 Å². The van der Waals surface area contributed by atoms with Crippen LogP contribution in [0.5, 0.6) is 5.88 Å². The number of aliphatic imine (C=N–C) groups is 1. The van der Waals surface area contributed by atoms with Gasteiger partial charge in [0, 0.05) is 27.4 Å². The Labute approximate surface area is 223 Å². The normalized spacial score (nSPS) is 21.7. The zero-order valence-corrected chi connectivity index (χ0v) is 22.6. The predicted octanol–water partition coefficient (Wildman–Crippen LogP) is 6.52. The second kappa shape index (κ2) is 8.85. The third-order valence-corrected chi connectivity index (χ3v) is 8.04. The van der Waals surface area contributed by atoms with E-state index in [0.717, 1.165) is 51.9 Å². The molecular formula is C27H25ClN4O4S. The summed E-state index contributed by atoms with van der Waals surface area (Å²) in [5.74, 6) is -1.25. The number of amidine groups is 1. The summed E-state index contributed by atoms with van der Waals surface area (Å²) in [6.45, 7) is 8.39. The van der Waals surface area contributed by atoms with Crippen molar-refractivity contribution in [3.8, 4) is 5.88 Å². The molecule has 2 aliphatic rings. The molecule has 1 unspecified atom stereocenters. The number of benzene rings is 2. The van der Waals surface area contributed by atoms with E-state index in [1.165, 1.54) is 7.11 Å². The number of aromatic nitrogens is 1. The molecular weight excluding hydrogens is 512 g/mol. The van der Waals surface area contributed by atoms with E-state index < -0.39 is 17.4 Å². The number of hydrogen-bond acceptors (Lipinski definition) is 7. The van der Waals surface area contributed by atoms with Crippen LogP contribution in [0.1, 0.15) is 43.9 Å². The Bertz CT molecular complexity index is 1570. The van der Waals surface area contributed by atoms with Crippen molar-refractivity contribution in [3.63, 3.8) is 0 Å². The molecule has 3 aromatic rings. The maximum absolute atomic E-state index is 12.1.